The van der Waals surface area contributed by atoms with Crippen molar-refractivity contribution in [2.24, 2.45) is 0 Å². The topological polar surface area (TPSA) is 66.0 Å². The molecule has 10 heteroatoms. The average molecular weight is 492 g/mol. The number of halogens is 4. The molecule has 0 spiro atoms. The van der Waals surface area contributed by atoms with Gasteiger partial charge in [0.2, 0.25) is 0 Å². The van der Waals surface area contributed by atoms with Gasteiger partial charge in [-0.3, -0.25) is 4.57 Å². The van der Waals surface area contributed by atoms with Crippen molar-refractivity contribution in [3.05, 3.63) is 88.1 Å². The number of para-hydroxylation sites is 1. The summed E-state index contributed by atoms with van der Waals surface area (Å²) in [6.45, 7) is -2.56. The van der Waals surface area contributed by atoms with Crippen LogP contribution in [0.5, 0.6) is 0 Å². The Morgan fingerprint density at radius 1 is 1.21 bits per heavy atom. The summed E-state index contributed by atoms with van der Waals surface area (Å²) in [4.78, 5) is 21.3. The quantitative estimate of drug-likeness (QED) is 0.331. The number of alkyl halides is 2. The Morgan fingerprint density at radius 3 is 2.76 bits per heavy atom. The zero-order valence-corrected chi connectivity index (χ0v) is 19.1. The highest BCUT2D eigenvalue weighted by atomic mass is 35.5. The van der Waals surface area contributed by atoms with Gasteiger partial charge in [0.05, 0.1) is 6.54 Å². The van der Waals surface area contributed by atoms with Crippen molar-refractivity contribution in [2.45, 2.75) is 19.0 Å². The van der Waals surface area contributed by atoms with E-state index in [1.807, 2.05) is 36.5 Å². The van der Waals surface area contributed by atoms with E-state index in [4.69, 9.17) is 23.2 Å². The van der Waals surface area contributed by atoms with Crippen molar-refractivity contribution in [2.75, 3.05) is 13.6 Å². The molecule has 0 fully saturated rings. The van der Waals surface area contributed by atoms with Gasteiger partial charge in [0, 0.05) is 59.0 Å². The number of amides is 2. The van der Waals surface area contributed by atoms with Crippen molar-refractivity contribution in [3.63, 3.8) is 0 Å². The molecule has 0 saturated heterocycles. The van der Waals surface area contributed by atoms with Gasteiger partial charge in [-0.1, -0.05) is 47.5 Å². The molecule has 6 nitrogen and oxygen atoms in total. The van der Waals surface area contributed by atoms with E-state index >= 15 is 0 Å². The number of urea groups is 1. The molecule has 2 aromatic heterocycles. The molecule has 2 heterocycles. The fourth-order valence-corrected chi connectivity index (χ4v) is 4.35. The van der Waals surface area contributed by atoms with Gasteiger partial charge in [-0.2, -0.15) is 8.78 Å². The number of imidazole rings is 1. The summed E-state index contributed by atoms with van der Waals surface area (Å²) < 4.78 is 26.9. The van der Waals surface area contributed by atoms with E-state index < -0.39 is 12.6 Å². The second-order valence-electron chi connectivity index (χ2n) is 7.58. The first kappa shape index (κ1) is 23.1. The Labute approximate surface area is 199 Å². The van der Waals surface area contributed by atoms with Gasteiger partial charge in [0.1, 0.15) is 5.82 Å². The van der Waals surface area contributed by atoms with Crippen LogP contribution in [0.4, 0.5) is 13.6 Å². The number of nitrogens with one attached hydrogen (secondary N) is 2. The predicted octanol–water partition coefficient (Wildman–Crippen LogP) is 6.04. The Morgan fingerprint density at radius 2 is 2.00 bits per heavy atom. The monoisotopic (exact) mass is 491 g/mol. The Bertz CT molecular complexity index is 1270. The summed E-state index contributed by atoms with van der Waals surface area (Å²) >= 11 is 12.6. The summed E-state index contributed by atoms with van der Waals surface area (Å²) in [6, 6.07) is 12.7. The van der Waals surface area contributed by atoms with Gasteiger partial charge in [0.25, 0.3) is 0 Å². The molecule has 0 radical (unpaired) electrons. The van der Waals surface area contributed by atoms with Crippen molar-refractivity contribution in [1.29, 1.82) is 0 Å². The Hall–Kier alpha value is -3.10. The second kappa shape index (κ2) is 9.80. The third-order valence-corrected chi connectivity index (χ3v) is 6.04. The Balaban J connectivity index is 1.57. The molecule has 2 amide bonds. The summed E-state index contributed by atoms with van der Waals surface area (Å²) in [7, 11) is 1.52. The lowest BCUT2D eigenvalue weighted by molar-refractivity contribution is 0.0651. The number of fused-ring (bicyclic) bond motifs is 1. The summed E-state index contributed by atoms with van der Waals surface area (Å²) in [5.74, 6) is -0.178. The number of aromatic amines is 1. The summed E-state index contributed by atoms with van der Waals surface area (Å²) in [5, 5.41) is 4.90. The van der Waals surface area contributed by atoms with E-state index in [0.717, 1.165) is 26.6 Å². The summed E-state index contributed by atoms with van der Waals surface area (Å²) in [6.07, 6.45) is 4.36. The van der Waals surface area contributed by atoms with E-state index in [1.54, 1.807) is 12.1 Å². The molecule has 0 bridgehead atoms. The van der Waals surface area contributed by atoms with E-state index in [0.29, 0.717) is 10.0 Å². The largest absolute Gasteiger partial charge is 0.361 e. The number of carbonyl (C=O) groups excluding carboxylic acids is 1. The van der Waals surface area contributed by atoms with Crippen molar-refractivity contribution < 1.29 is 13.6 Å². The molecule has 4 aromatic rings. The first-order chi connectivity index (χ1) is 15.8. The van der Waals surface area contributed by atoms with Crippen LogP contribution in [0.15, 0.2) is 61.1 Å². The van der Waals surface area contributed by atoms with Crippen LogP contribution >= 0.6 is 23.2 Å². The standard InChI is InChI=1S/C23H21Cl2F2N5O/c1-31(13-21-28-8-9-32(21)22(26)27)23(33)30-12-17(15-7-6-14(24)10-19(15)25)18-11-29-20-5-3-2-4-16(18)20/h2-11,17,22,29H,12-13H2,1H3,(H,30,33). The molecule has 33 heavy (non-hydrogen) atoms. The number of hydrogen-bond acceptors (Lipinski definition) is 2. The minimum Gasteiger partial charge on any atom is -0.361 e. The number of aromatic nitrogens is 3. The number of H-pyrrole nitrogens is 1. The fourth-order valence-electron chi connectivity index (χ4n) is 3.81. The molecular formula is C23H21Cl2F2N5O. The van der Waals surface area contributed by atoms with Crippen molar-refractivity contribution >= 4 is 40.1 Å². The first-order valence-corrected chi connectivity index (χ1v) is 10.9. The number of nitrogens with zero attached hydrogens (tertiary/aromatic N) is 3. The van der Waals surface area contributed by atoms with Gasteiger partial charge in [-0.05, 0) is 29.3 Å². The van der Waals surface area contributed by atoms with Gasteiger partial charge in [-0.25, -0.2) is 9.78 Å². The highest BCUT2D eigenvalue weighted by Gasteiger charge is 2.23. The maximum Gasteiger partial charge on any atom is 0.319 e. The lowest BCUT2D eigenvalue weighted by Gasteiger charge is -2.23. The molecule has 4 rings (SSSR count). The van der Waals surface area contributed by atoms with E-state index in [1.165, 1.54) is 24.3 Å². The highest BCUT2D eigenvalue weighted by Crippen LogP contribution is 2.35. The number of benzene rings is 2. The van der Waals surface area contributed by atoms with Crippen LogP contribution < -0.4 is 5.32 Å². The minimum atomic E-state index is -2.72. The predicted molar refractivity (Wildman–Crippen MR) is 125 cm³/mol. The second-order valence-corrected chi connectivity index (χ2v) is 8.42. The van der Waals surface area contributed by atoms with Gasteiger partial charge in [-0.15, -0.1) is 0 Å². The molecule has 0 aliphatic heterocycles. The molecule has 0 aliphatic rings. The van der Waals surface area contributed by atoms with Crippen LogP contribution in [0.3, 0.4) is 0 Å². The SMILES string of the molecule is CN(Cc1nccn1C(F)F)C(=O)NCC(c1ccc(Cl)cc1Cl)c1c[nH]c2ccccc12. The molecule has 2 aromatic carbocycles. The molecule has 1 unspecified atom stereocenters. The van der Waals surface area contributed by atoms with Crippen LogP contribution in [0, 0.1) is 0 Å². The molecule has 2 N–H and O–H groups in total. The van der Waals surface area contributed by atoms with Crippen LogP contribution in [-0.2, 0) is 6.54 Å². The third-order valence-electron chi connectivity index (χ3n) is 5.48. The zero-order chi connectivity index (χ0) is 23.5. The van der Waals surface area contributed by atoms with Crippen LogP contribution in [0.2, 0.25) is 10.0 Å². The molecule has 1 atom stereocenters. The lowest BCUT2D eigenvalue weighted by Crippen LogP contribution is -2.39. The van der Waals surface area contributed by atoms with Crippen LogP contribution in [-0.4, -0.2) is 39.1 Å². The lowest BCUT2D eigenvalue weighted by atomic mass is 9.91. The highest BCUT2D eigenvalue weighted by molar-refractivity contribution is 6.35. The van der Waals surface area contributed by atoms with Gasteiger partial charge >= 0.3 is 12.6 Å². The molecule has 0 aliphatic carbocycles. The smallest absolute Gasteiger partial charge is 0.319 e. The number of rotatable bonds is 7. The van der Waals surface area contributed by atoms with E-state index in [-0.39, 0.29) is 24.8 Å². The van der Waals surface area contributed by atoms with Crippen LogP contribution in [0.1, 0.15) is 29.4 Å². The zero-order valence-electron chi connectivity index (χ0n) is 17.6. The maximum atomic E-state index is 13.1. The number of hydrogen-bond donors (Lipinski definition) is 2. The number of carbonyl (C=O) groups is 1. The molecule has 172 valence electrons. The van der Waals surface area contributed by atoms with Gasteiger partial charge < -0.3 is 15.2 Å². The van der Waals surface area contributed by atoms with Gasteiger partial charge in [0.15, 0.2) is 0 Å². The first-order valence-electron chi connectivity index (χ1n) is 10.1. The normalized spacial score (nSPS) is 12.3. The fraction of sp³-hybridized carbons (Fsp3) is 0.217. The minimum absolute atomic E-state index is 0.0668. The van der Waals surface area contributed by atoms with Crippen LogP contribution in [0.25, 0.3) is 10.9 Å². The molecular weight excluding hydrogens is 471 g/mol. The summed E-state index contributed by atoms with van der Waals surface area (Å²) in [5.41, 5.74) is 2.73. The van der Waals surface area contributed by atoms with Crippen molar-refractivity contribution in [3.8, 4) is 0 Å². The maximum absolute atomic E-state index is 13.1. The Kier molecular flexibility index (Phi) is 6.85. The van der Waals surface area contributed by atoms with E-state index in [9.17, 15) is 13.6 Å². The van der Waals surface area contributed by atoms with Crippen molar-refractivity contribution in [1.82, 2.24) is 24.8 Å². The van der Waals surface area contributed by atoms with E-state index in [2.05, 4.69) is 15.3 Å². The molecule has 0 saturated carbocycles. The average Bonchev–Trinajstić information content (AvgIpc) is 3.42. The third kappa shape index (κ3) is 4.96.